The van der Waals surface area contributed by atoms with Crippen molar-refractivity contribution in [3.05, 3.63) is 0 Å². The molecule has 0 aliphatic rings. The van der Waals surface area contributed by atoms with Gasteiger partial charge in [-0.25, -0.2) is 9.59 Å². The average molecular weight is 277 g/mol. The van der Waals surface area contributed by atoms with Gasteiger partial charge >= 0.3 is 12.0 Å². The zero-order chi connectivity index (χ0) is 14.7. The van der Waals surface area contributed by atoms with Gasteiger partial charge in [0.1, 0.15) is 0 Å². The van der Waals surface area contributed by atoms with Gasteiger partial charge in [0.2, 0.25) is 0 Å². The number of nitrogens with zero attached hydrogens (tertiary/aromatic N) is 1. The lowest BCUT2D eigenvalue weighted by atomic mass is 10.2. The van der Waals surface area contributed by atoms with Crippen LogP contribution in [0.5, 0.6) is 0 Å². The summed E-state index contributed by atoms with van der Waals surface area (Å²) in [6.07, 6.45) is -1.46. The fourth-order valence-corrected chi connectivity index (χ4v) is 1.23. The van der Waals surface area contributed by atoms with Crippen LogP contribution in [0, 0.1) is 0 Å². The van der Waals surface area contributed by atoms with E-state index in [0.29, 0.717) is 19.7 Å². The quantitative estimate of drug-likeness (QED) is 0.395. The highest BCUT2D eigenvalue weighted by Crippen LogP contribution is 1.89. The number of carboxylic acid groups (broad SMARTS) is 1. The molecule has 0 heterocycles. The number of likely N-dealkylation sites (N-methyl/N-ethyl adjacent to an activating group) is 1. The van der Waals surface area contributed by atoms with Gasteiger partial charge in [0.05, 0.1) is 6.61 Å². The van der Waals surface area contributed by atoms with Gasteiger partial charge in [-0.05, 0) is 7.05 Å². The average Bonchev–Trinajstić information content (AvgIpc) is 2.36. The Morgan fingerprint density at radius 2 is 1.89 bits per heavy atom. The summed E-state index contributed by atoms with van der Waals surface area (Å²) in [5.74, 6) is -1.29. The molecule has 0 radical (unpaired) electrons. The topological polar surface area (TPSA) is 111 Å². The number of aliphatic hydroxyl groups is 1. The molecule has 0 bridgehead atoms. The van der Waals surface area contributed by atoms with Crippen molar-refractivity contribution in [1.82, 2.24) is 15.5 Å². The normalized spacial score (nSPS) is 12.2. The number of urea groups is 1. The zero-order valence-electron chi connectivity index (χ0n) is 11.4. The first kappa shape index (κ1) is 17.6. The van der Waals surface area contributed by atoms with Crippen LogP contribution in [0.3, 0.4) is 0 Å². The van der Waals surface area contributed by atoms with E-state index in [1.807, 2.05) is 11.9 Å². The second-order valence-corrected chi connectivity index (χ2v) is 4.12. The highest BCUT2D eigenvalue weighted by atomic mass is 16.5. The molecule has 4 N–H and O–H groups in total. The number of methoxy groups -OCH3 is 1. The second kappa shape index (κ2) is 10.5. The Bertz CT molecular complexity index is 275. The molecule has 1 atom stereocenters. The molecule has 0 fully saturated rings. The molecule has 0 rings (SSSR count). The third-order valence-corrected chi connectivity index (χ3v) is 2.44. The van der Waals surface area contributed by atoms with Crippen molar-refractivity contribution in [3.8, 4) is 0 Å². The smallest absolute Gasteiger partial charge is 0.332 e. The van der Waals surface area contributed by atoms with Gasteiger partial charge in [-0.15, -0.1) is 0 Å². The Balaban J connectivity index is 3.52. The summed E-state index contributed by atoms with van der Waals surface area (Å²) in [4.78, 5) is 23.6. The van der Waals surface area contributed by atoms with Crippen molar-refractivity contribution in [2.45, 2.75) is 12.5 Å². The highest BCUT2D eigenvalue weighted by molar-refractivity contribution is 5.74. The van der Waals surface area contributed by atoms with E-state index in [-0.39, 0.29) is 19.0 Å². The maximum atomic E-state index is 11.3. The first-order valence-electron chi connectivity index (χ1n) is 6.07. The Hall–Kier alpha value is -1.38. The lowest BCUT2D eigenvalue weighted by molar-refractivity contribution is -0.146. The number of hydrogen-bond acceptors (Lipinski definition) is 5. The summed E-state index contributed by atoms with van der Waals surface area (Å²) >= 11 is 0. The standard InChI is InChI=1S/C11H23N3O5/c1-14(7-8-19-2)6-5-13-11(18)12-4-3-9(15)10(16)17/h9,15H,3-8H2,1-2H3,(H,16,17)(H2,12,13,18). The number of carbonyl (C=O) groups is 2. The van der Waals surface area contributed by atoms with E-state index in [1.54, 1.807) is 7.11 Å². The number of rotatable bonds is 10. The molecule has 8 nitrogen and oxygen atoms in total. The van der Waals surface area contributed by atoms with E-state index >= 15 is 0 Å². The van der Waals surface area contributed by atoms with Crippen LogP contribution in [0.25, 0.3) is 0 Å². The summed E-state index contributed by atoms with van der Waals surface area (Å²) in [5.41, 5.74) is 0. The van der Waals surface area contributed by atoms with E-state index in [1.165, 1.54) is 0 Å². The molecule has 0 saturated carbocycles. The monoisotopic (exact) mass is 277 g/mol. The van der Waals surface area contributed by atoms with Crippen LogP contribution in [-0.2, 0) is 9.53 Å². The number of aliphatic carboxylic acids is 1. The van der Waals surface area contributed by atoms with Crippen molar-refractivity contribution in [3.63, 3.8) is 0 Å². The fraction of sp³-hybridized carbons (Fsp3) is 0.818. The van der Waals surface area contributed by atoms with Crippen LogP contribution in [0.15, 0.2) is 0 Å². The molecular weight excluding hydrogens is 254 g/mol. The molecule has 0 aromatic heterocycles. The van der Waals surface area contributed by atoms with Crippen molar-refractivity contribution in [2.24, 2.45) is 0 Å². The van der Waals surface area contributed by atoms with Crippen molar-refractivity contribution >= 4 is 12.0 Å². The predicted molar refractivity (Wildman–Crippen MR) is 69.0 cm³/mol. The van der Waals surface area contributed by atoms with Crippen molar-refractivity contribution in [1.29, 1.82) is 0 Å². The summed E-state index contributed by atoms with van der Waals surface area (Å²) in [5, 5.41) is 22.5. The molecule has 0 aliphatic heterocycles. The van der Waals surface area contributed by atoms with Crippen LogP contribution < -0.4 is 10.6 Å². The van der Waals surface area contributed by atoms with Crippen LogP contribution >= 0.6 is 0 Å². The van der Waals surface area contributed by atoms with E-state index < -0.39 is 12.1 Å². The molecule has 0 saturated heterocycles. The second-order valence-electron chi connectivity index (χ2n) is 4.12. The number of carbonyl (C=O) groups excluding carboxylic acids is 1. The van der Waals surface area contributed by atoms with Crippen molar-refractivity contribution in [2.75, 3.05) is 46.9 Å². The Kier molecular flexibility index (Phi) is 9.77. The van der Waals surface area contributed by atoms with E-state index in [4.69, 9.17) is 14.9 Å². The lowest BCUT2D eigenvalue weighted by Gasteiger charge is -2.16. The first-order chi connectivity index (χ1) is 8.97. The van der Waals surface area contributed by atoms with E-state index in [2.05, 4.69) is 10.6 Å². The number of aliphatic hydroxyl groups excluding tert-OH is 1. The first-order valence-corrected chi connectivity index (χ1v) is 6.07. The van der Waals surface area contributed by atoms with Crippen LogP contribution in [0.1, 0.15) is 6.42 Å². The molecule has 19 heavy (non-hydrogen) atoms. The Labute approximate surface area is 112 Å². The largest absolute Gasteiger partial charge is 0.479 e. The number of ether oxygens (including phenoxy) is 1. The molecule has 1 unspecified atom stereocenters. The molecule has 0 aromatic carbocycles. The number of amides is 2. The third-order valence-electron chi connectivity index (χ3n) is 2.44. The maximum Gasteiger partial charge on any atom is 0.332 e. The fourth-order valence-electron chi connectivity index (χ4n) is 1.23. The van der Waals surface area contributed by atoms with Crippen LogP contribution in [0.4, 0.5) is 4.79 Å². The van der Waals surface area contributed by atoms with E-state index in [0.717, 1.165) is 6.54 Å². The molecule has 8 heteroatoms. The Morgan fingerprint density at radius 3 is 2.47 bits per heavy atom. The van der Waals surface area contributed by atoms with Gasteiger partial charge in [0, 0.05) is 39.7 Å². The van der Waals surface area contributed by atoms with Crippen molar-refractivity contribution < 1.29 is 24.5 Å². The van der Waals surface area contributed by atoms with Gasteiger partial charge in [0.25, 0.3) is 0 Å². The lowest BCUT2D eigenvalue weighted by Crippen LogP contribution is -2.41. The summed E-state index contributed by atoms with van der Waals surface area (Å²) in [6, 6.07) is -0.377. The molecule has 0 aliphatic carbocycles. The summed E-state index contributed by atoms with van der Waals surface area (Å²) < 4.78 is 4.92. The minimum Gasteiger partial charge on any atom is -0.479 e. The molecule has 0 aromatic rings. The molecular formula is C11H23N3O5. The van der Waals surface area contributed by atoms with Gasteiger partial charge in [-0.1, -0.05) is 0 Å². The van der Waals surface area contributed by atoms with Gasteiger partial charge in [0.15, 0.2) is 6.10 Å². The third kappa shape index (κ3) is 10.2. The van der Waals surface area contributed by atoms with Gasteiger partial charge in [-0.2, -0.15) is 0 Å². The van der Waals surface area contributed by atoms with Crippen LogP contribution in [0.2, 0.25) is 0 Å². The van der Waals surface area contributed by atoms with Crippen LogP contribution in [-0.4, -0.2) is 80.2 Å². The van der Waals surface area contributed by atoms with E-state index in [9.17, 15) is 9.59 Å². The minimum absolute atomic E-state index is 0.0174. The number of nitrogens with one attached hydrogen (secondary N) is 2. The Morgan fingerprint density at radius 1 is 1.26 bits per heavy atom. The highest BCUT2D eigenvalue weighted by Gasteiger charge is 2.12. The molecule has 2 amide bonds. The van der Waals surface area contributed by atoms with Gasteiger partial charge in [-0.3, -0.25) is 0 Å². The molecule has 112 valence electrons. The molecule has 0 spiro atoms. The predicted octanol–water partition coefficient (Wildman–Crippen LogP) is -1.30. The minimum atomic E-state index is -1.44. The van der Waals surface area contributed by atoms with Gasteiger partial charge < -0.3 is 30.5 Å². The number of hydrogen-bond donors (Lipinski definition) is 4. The SMILES string of the molecule is COCCN(C)CCNC(=O)NCCC(O)C(=O)O. The summed E-state index contributed by atoms with van der Waals surface area (Å²) in [7, 11) is 3.55. The number of carboxylic acids is 1. The zero-order valence-corrected chi connectivity index (χ0v) is 11.4. The summed E-state index contributed by atoms with van der Waals surface area (Å²) in [6.45, 7) is 2.70. The maximum absolute atomic E-state index is 11.3.